The monoisotopic (exact) mass is 251 g/mol. The molecule has 4 rings (SSSR count). The highest BCUT2D eigenvalue weighted by Gasteiger charge is 2.38. The van der Waals surface area contributed by atoms with Crippen molar-refractivity contribution in [2.24, 2.45) is 0 Å². The molecule has 0 amide bonds. The van der Waals surface area contributed by atoms with Gasteiger partial charge in [0.1, 0.15) is 12.4 Å². The van der Waals surface area contributed by atoms with Gasteiger partial charge < -0.3 is 4.74 Å². The number of benzene rings is 2. The van der Waals surface area contributed by atoms with Crippen LogP contribution in [0.2, 0.25) is 0 Å². The third kappa shape index (κ3) is 1.60. The molecule has 2 aromatic carbocycles. The Morgan fingerprint density at radius 3 is 2.63 bits per heavy atom. The largest absolute Gasteiger partial charge is 0.492 e. The number of hydrogen-bond acceptors (Lipinski definition) is 2. The van der Waals surface area contributed by atoms with Crippen LogP contribution in [0.25, 0.3) is 0 Å². The molecule has 2 aromatic rings. The number of hydrogen-bond donors (Lipinski definition) is 0. The van der Waals surface area contributed by atoms with E-state index in [9.17, 15) is 0 Å². The van der Waals surface area contributed by atoms with Crippen LogP contribution in [-0.2, 0) is 6.54 Å². The third-order valence-electron chi connectivity index (χ3n) is 4.42. The lowest BCUT2D eigenvalue weighted by Gasteiger charge is -2.43. The van der Waals surface area contributed by atoms with Gasteiger partial charge in [0.25, 0.3) is 0 Å². The van der Waals surface area contributed by atoms with Gasteiger partial charge in [-0.1, -0.05) is 42.5 Å². The summed E-state index contributed by atoms with van der Waals surface area (Å²) in [4.78, 5) is 2.42. The first-order valence-corrected chi connectivity index (χ1v) is 6.84. The summed E-state index contributed by atoms with van der Waals surface area (Å²) in [5, 5.41) is 0. The maximum Gasteiger partial charge on any atom is 0.123 e. The smallest absolute Gasteiger partial charge is 0.123 e. The highest BCUT2D eigenvalue weighted by molar-refractivity contribution is 5.48. The minimum Gasteiger partial charge on any atom is -0.492 e. The highest BCUT2D eigenvalue weighted by Crippen LogP contribution is 2.43. The predicted molar refractivity (Wildman–Crippen MR) is 75.5 cm³/mol. The summed E-state index contributed by atoms with van der Waals surface area (Å²) in [7, 11) is 2.20. The van der Waals surface area contributed by atoms with E-state index < -0.39 is 0 Å². The van der Waals surface area contributed by atoms with E-state index in [4.69, 9.17) is 4.74 Å². The van der Waals surface area contributed by atoms with Gasteiger partial charge in [-0.25, -0.2) is 0 Å². The second-order valence-corrected chi connectivity index (χ2v) is 5.51. The van der Waals surface area contributed by atoms with Crippen molar-refractivity contribution in [3.63, 3.8) is 0 Å². The molecule has 0 bridgehead atoms. The quantitative estimate of drug-likeness (QED) is 0.713. The Hall–Kier alpha value is -1.80. The van der Waals surface area contributed by atoms with Crippen molar-refractivity contribution in [1.82, 2.24) is 4.90 Å². The molecule has 19 heavy (non-hydrogen) atoms. The molecule has 0 saturated carbocycles. The van der Waals surface area contributed by atoms with Crippen LogP contribution in [-0.4, -0.2) is 24.6 Å². The van der Waals surface area contributed by atoms with E-state index in [0.717, 1.165) is 18.9 Å². The van der Waals surface area contributed by atoms with Gasteiger partial charge in [0.15, 0.2) is 0 Å². The van der Waals surface area contributed by atoms with Gasteiger partial charge in [-0.05, 0) is 24.2 Å². The van der Waals surface area contributed by atoms with Crippen LogP contribution in [0.1, 0.15) is 22.6 Å². The minimum atomic E-state index is 0.444. The van der Waals surface area contributed by atoms with Crippen LogP contribution >= 0.6 is 0 Å². The van der Waals surface area contributed by atoms with Gasteiger partial charge in [0.2, 0.25) is 0 Å². The molecule has 0 radical (unpaired) electrons. The lowest BCUT2D eigenvalue weighted by molar-refractivity contribution is 0.112. The number of ether oxygens (including phenoxy) is 1. The van der Waals surface area contributed by atoms with Crippen molar-refractivity contribution in [2.45, 2.75) is 18.5 Å². The van der Waals surface area contributed by atoms with Crippen LogP contribution < -0.4 is 4.74 Å². The predicted octanol–water partition coefficient (Wildman–Crippen LogP) is 3.02. The molecule has 2 atom stereocenters. The second-order valence-electron chi connectivity index (χ2n) is 5.51. The Labute approximate surface area is 113 Å². The fourth-order valence-electron chi connectivity index (χ4n) is 3.47. The van der Waals surface area contributed by atoms with Crippen molar-refractivity contribution >= 4 is 0 Å². The van der Waals surface area contributed by atoms with E-state index >= 15 is 0 Å². The molecular formula is C17H17NO. The van der Waals surface area contributed by atoms with Gasteiger partial charge >= 0.3 is 0 Å². The molecule has 2 nitrogen and oxygen atoms in total. The van der Waals surface area contributed by atoms with E-state index in [0.29, 0.717) is 12.0 Å². The lowest BCUT2D eigenvalue weighted by atomic mass is 9.78. The fraction of sp³-hybridized carbons (Fsp3) is 0.294. The highest BCUT2D eigenvalue weighted by atomic mass is 16.5. The molecule has 0 fully saturated rings. The summed E-state index contributed by atoms with van der Waals surface area (Å²) < 4.78 is 5.94. The zero-order valence-electron chi connectivity index (χ0n) is 11.0. The van der Waals surface area contributed by atoms with E-state index in [1.54, 1.807) is 0 Å². The maximum absolute atomic E-state index is 5.94. The summed E-state index contributed by atoms with van der Waals surface area (Å²) in [6.45, 7) is 1.80. The number of likely N-dealkylation sites (N-methyl/N-ethyl adjacent to an activating group) is 1. The van der Waals surface area contributed by atoms with Crippen molar-refractivity contribution in [1.29, 1.82) is 0 Å². The van der Waals surface area contributed by atoms with E-state index in [1.165, 1.54) is 16.7 Å². The average Bonchev–Trinajstić information content (AvgIpc) is 2.47. The molecule has 96 valence electrons. The van der Waals surface area contributed by atoms with E-state index in [2.05, 4.69) is 60.5 Å². The standard InChI is InChI=1S/C17H17NO/c1-18-10-12-6-2-3-7-13(12)17-14-8-4-5-9-16(14)19-11-15(17)18/h2-9,15,17H,10-11H2,1H3/t15-,17-/m1/s1. The van der Waals surface area contributed by atoms with E-state index in [1.807, 2.05) is 0 Å². The Bertz CT molecular complexity index is 622. The second kappa shape index (κ2) is 4.10. The normalized spacial score (nSPS) is 24.9. The Balaban J connectivity index is 1.93. The molecule has 2 heteroatoms. The summed E-state index contributed by atoms with van der Waals surface area (Å²) in [6.07, 6.45) is 0. The average molecular weight is 251 g/mol. The summed E-state index contributed by atoms with van der Waals surface area (Å²) in [5.41, 5.74) is 4.25. The third-order valence-corrected chi connectivity index (χ3v) is 4.42. The van der Waals surface area contributed by atoms with Gasteiger partial charge in [0.05, 0.1) is 6.04 Å². The van der Waals surface area contributed by atoms with Crippen LogP contribution in [0.15, 0.2) is 48.5 Å². The molecule has 0 unspecified atom stereocenters. The Kier molecular flexibility index (Phi) is 2.39. The van der Waals surface area contributed by atoms with Gasteiger partial charge in [-0.2, -0.15) is 0 Å². The Morgan fingerprint density at radius 1 is 1.00 bits per heavy atom. The first-order valence-electron chi connectivity index (χ1n) is 6.84. The molecule has 2 aliphatic rings. The summed E-state index contributed by atoms with van der Waals surface area (Å²) >= 11 is 0. The number of para-hydroxylation sites is 1. The molecule has 0 aromatic heterocycles. The SMILES string of the molecule is CN1Cc2ccccc2[C@@H]2c3ccccc3OC[C@H]21. The zero-order valence-corrected chi connectivity index (χ0v) is 11.0. The molecular weight excluding hydrogens is 234 g/mol. The summed E-state index contributed by atoms with van der Waals surface area (Å²) in [6, 6.07) is 17.7. The maximum atomic E-state index is 5.94. The lowest BCUT2D eigenvalue weighted by Crippen LogP contribution is -2.47. The topological polar surface area (TPSA) is 12.5 Å². The Morgan fingerprint density at radius 2 is 1.74 bits per heavy atom. The number of nitrogens with zero attached hydrogens (tertiary/aromatic N) is 1. The van der Waals surface area contributed by atoms with Gasteiger partial charge in [-0.15, -0.1) is 0 Å². The first-order chi connectivity index (χ1) is 9.34. The van der Waals surface area contributed by atoms with E-state index in [-0.39, 0.29) is 0 Å². The molecule has 0 saturated heterocycles. The minimum absolute atomic E-state index is 0.444. The fourth-order valence-corrected chi connectivity index (χ4v) is 3.47. The molecule has 0 spiro atoms. The summed E-state index contributed by atoms with van der Waals surface area (Å²) in [5.74, 6) is 1.49. The number of fused-ring (bicyclic) bond motifs is 5. The van der Waals surface area contributed by atoms with Crippen molar-refractivity contribution in [3.8, 4) is 5.75 Å². The number of rotatable bonds is 0. The molecule has 2 aliphatic heterocycles. The first kappa shape index (κ1) is 11.1. The van der Waals surface area contributed by atoms with Crippen LogP contribution in [0.4, 0.5) is 0 Å². The molecule has 2 heterocycles. The van der Waals surface area contributed by atoms with Crippen LogP contribution in [0.3, 0.4) is 0 Å². The van der Waals surface area contributed by atoms with Gasteiger partial charge in [-0.3, -0.25) is 4.90 Å². The van der Waals surface area contributed by atoms with Crippen molar-refractivity contribution in [2.75, 3.05) is 13.7 Å². The van der Waals surface area contributed by atoms with Crippen LogP contribution in [0.5, 0.6) is 5.75 Å². The molecule has 0 aliphatic carbocycles. The van der Waals surface area contributed by atoms with Crippen molar-refractivity contribution < 1.29 is 4.74 Å². The van der Waals surface area contributed by atoms with Crippen molar-refractivity contribution in [3.05, 3.63) is 65.2 Å². The van der Waals surface area contributed by atoms with Crippen LogP contribution in [0, 0.1) is 0 Å². The van der Waals surface area contributed by atoms with Gasteiger partial charge in [0, 0.05) is 18.0 Å². The zero-order chi connectivity index (χ0) is 12.8. The molecule has 0 N–H and O–H groups in total.